The van der Waals surface area contributed by atoms with Crippen molar-refractivity contribution < 1.29 is 9.90 Å². The van der Waals surface area contributed by atoms with Gasteiger partial charge in [0.1, 0.15) is 0 Å². The largest absolute Gasteiger partial charge is 0.478 e. The summed E-state index contributed by atoms with van der Waals surface area (Å²) in [7, 11) is 0. The van der Waals surface area contributed by atoms with Crippen LogP contribution in [0.4, 0.5) is 0 Å². The van der Waals surface area contributed by atoms with E-state index in [9.17, 15) is 9.90 Å². The maximum atomic E-state index is 11.4. The van der Waals surface area contributed by atoms with E-state index < -0.39 is 5.97 Å². The number of rotatable bonds is 4. The smallest absolute Gasteiger partial charge is 0.337 e. The van der Waals surface area contributed by atoms with E-state index in [1.807, 2.05) is 28.8 Å². The average molecular weight is 279 g/mol. The summed E-state index contributed by atoms with van der Waals surface area (Å²) in [5.41, 5.74) is 3.79. The molecule has 0 radical (unpaired) electrons. The zero-order chi connectivity index (χ0) is 14.8. The average Bonchev–Trinajstić information content (AvgIpc) is 2.87. The molecule has 106 valence electrons. The molecule has 0 fully saturated rings. The number of benzene rings is 2. The van der Waals surface area contributed by atoms with E-state index in [1.54, 1.807) is 6.20 Å². The van der Waals surface area contributed by atoms with Crippen molar-refractivity contribution in [3.63, 3.8) is 0 Å². The highest BCUT2D eigenvalue weighted by molar-refractivity contribution is 6.03. The number of fused-ring (bicyclic) bond motifs is 1. The third kappa shape index (κ3) is 2.55. The Morgan fingerprint density at radius 2 is 1.71 bits per heavy atom. The quantitative estimate of drug-likeness (QED) is 0.785. The predicted molar refractivity (Wildman–Crippen MR) is 83.8 cm³/mol. The first-order chi connectivity index (χ1) is 10.2. The van der Waals surface area contributed by atoms with E-state index in [1.165, 1.54) is 11.1 Å². The van der Waals surface area contributed by atoms with Gasteiger partial charge in [0.2, 0.25) is 0 Å². The molecule has 21 heavy (non-hydrogen) atoms. The Labute approximate surface area is 123 Å². The van der Waals surface area contributed by atoms with Crippen LogP contribution in [0.1, 0.15) is 28.4 Å². The lowest BCUT2D eigenvalue weighted by atomic mass is 10.1. The lowest BCUT2D eigenvalue weighted by Crippen LogP contribution is -1.99. The van der Waals surface area contributed by atoms with Gasteiger partial charge in [0.05, 0.1) is 5.56 Å². The zero-order valence-corrected chi connectivity index (χ0v) is 11.9. The molecule has 3 rings (SSSR count). The molecule has 3 aromatic rings. The molecule has 0 atom stereocenters. The number of hydrogen-bond donors (Lipinski definition) is 1. The molecule has 0 saturated carbocycles. The van der Waals surface area contributed by atoms with Gasteiger partial charge in [-0.05, 0) is 23.6 Å². The van der Waals surface area contributed by atoms with Crippen LogP contribution in [-0.2, 0) is 13.0 Å². The first kappa shape index (κ1) is 13.4. The number of para-hydroxylation sites is 1. The monoisotopic (exact) mass is 279 g/mol. The standard InChI is InChI=1S/C18H17NO2/c1-2-13-7-9-14(10-8-13)11-19-12-16(18(20)21)15-5-3-4-6-17(15)19/h3-10,12H,2,11H2,1H3,(H,20,21). The Kier molecular flexibility index (Phi) is 3.48. The van der Waals surface area contributed by atoms with Gasteiger partial charge in [0.15, 0.2) is 0 Å². The highest BCUT2D eigenvalue weighted by Crippen LogP contribution is 2.22. The molecule has 0 aliphatic rings. The molecule has 3 heteroatoms. The predicted octanol–water partition coefficient (Wildman–Crippen LogP) is 3.95. The Hall–Kier alpha value is -2.55. The normalized spacial score (nSPS) is 10.9. The van der Waals surface area contributed by atoms with Crippen molar-refractivity contribution >= 4 is 16.9 Å². The van der Waals surface area contributed by atoms with Crippen LogP contribution in [0.2, 0.25) is 0 Å². The van der Waals surface area contributed by atoms with Crippen LogP contribution >= 0.6 is 0 Å². The summed E-state index contributed by atoms with van der Waals surface area (Å²) in [5, 5.41) is 10.1. The van der Waals surface area contributed by atoms with Gasteiger partial charge >= 0.3 is 5.97 Å². The minimum absolute atomic E-state index is 0.357. The van der Waals surface area contributed by atoms with Gasteiger partial charge in [-0.15, -0.1) is 0 Å². The molecule has 1 heterocycles. The third-order valence-corrected chi connectivity index (χ3v) is 3.80. The Bertz CT molecular complexity index is 785. The van der Waals surface area contributed by atoms with Crippen molar-refractivity contribution in [1.29, 1.82) is 0 Å². The second-order valence-corrected chi connectivity index (χ2v) is 5.16. The summed E-state index contributed by atoms with van der Waals surface area (Å²) in [6.45, 7) is 2.81. The van der Waals surface area contributed by atoms with Gasteiger partial charge in [0.25, 0.3) is 0 Å². The molecular weight excluding hydrogens is 262 g/mol. The Morgan fingerprint density at radius 3 is 2.38 bits per heavy atom. The highest BCUT2D eigenvalue weighted by Gasteiger charge is 2.13. The summed E-state index contributed by atoms with van der Waals surface area (Å²) in [4.78, 5) is 11.4. The summed E-state index contributed by atoms with van der Waals surface area (Å²) in [6.07, 6.45) is 2.75. The van der Waals surface area contributed by atoms with E-state index in [0.717, 1.165) is 17.3 Å². The van der Waals surface area contributed by atoms with Crippen molar-refractivity contribution in [2.75, 3.05) is 0 Å². The maximum Gasteiger partial charge on any atom is 0.337 e. The summed E-state index contributed by atoms with van der Waals surface area (Å²) in [5.74, 6) is -0.883. The number of nitrogens with zero attached hydrogens (tertiary/aromatic N) is 1. The molecule has 3 nitrogen and oxygen atoms in total. The molecular formula is C18H17NO2. The van der Waals surface area contributed by atoms with Crippen LogP contribution in [0.25, 0.3) is 10.9 Å². The molecule has 1 aromatic heterocycles. The van der Waals surface area contributed by atoms with Gasteiger partial charge in [0, 0.05) is 23.6 Å². The van der Waals surface area contributed by atoms with Crippen LogP contribution in [0.3, 0.4) is 0 Å². The van der Waals surface area contributed by atoms with Gasteiger partial charge < -0.3 is 9.67 Å². The SMILES string of the molecule is CCc1ccc(Cn2cc(C(=O)O)c3ccccc32)cc1. The van der Waals surface area contributed by atoms with Gasteiger partial charge in [-0.1, -0.05) is 49.4 Å². The number of carboxylic acids is 1. The van der Waals surface area contributed by atoms with Crippen molar-refractivity contribution in [2.45, 2.75) is 19.9 Å². The number of aryl methyl sites for hydroxylation is 1. The molecule has 0 amide bonds. The van der Waals surface area contributed by atoms with E-state index in [2.05, 4.69) is 31.2 Å². The number of carboxylic acid groups (broad SMARTS) is 1. The molecule has 0 bridgehead atoms. The van der Waals surface area contributed by atoms with Crippen LogP contribution in [0.5, 0.6) is 0 Å². The van der Waals surface area contributed by atoms with Crippen LogP contribution < -0.4 is 0 Å². The van der Waals surface area contributed by atoms with Crippen LogP contribution in [0, 0.1) is 0 Å². The van der Waals surface area contributed by atoms with Crippen molar-refractivity contribution in [3.8, 4) is 0 Å². The fraction of sp³-hybridized carbons (Fsp3) is 0.167. The summed E-state index contributed by atoms with van der Waals surface area (Å²) < 4.78 is 2.00. The van der Waals surface area contributed by atoms with Crippen LogP contribution in [0.15, 0.2) is 54.7 Å². The van der Waals surface area contributed by atoms with E-state index >= 15 is 0 Å². The number of aromatic carboxylic acids is 1. The zero-order valence-electron chi connectivity index (χ0n) is 11.9. The van der Waals surface area contributed by atoms with E-state index in [-0.39, 0.29) is 0 Å². The third-order valence-electron chi connectivity index (χ3n) is 3.80. The van der Waals surface area contributed by atoms with Gasteiger partial charge in [-0.2, -0.15) is 0 Å². The molecule has 0 aliphatic carbocycles. The van der Waals surface area contributed by atoms with Gasteiger partial charge in [-0.25, -0.2) is 4.79 Å². The minimum Gasteiger partial charge on any atom is -0.478 e. The Morgan fingerprint density at radius 1 is 1.05 bits per heavy atom. The summed E-state index contributed by atoms with van der Waals surface area (Å²) >= 11 is 0. The lowest BCUT2D eigenvalue weighted by molar-refractivity contribution is 0.0699. The summed E-state index contributed by atoms with van der Waals surface area (Å²) in [6, 6.07) is 16.1. The number of aromatic nitrogens is 1. The van der Waals surface area contributed by atoms with Gasteiger partial charge in [-0.3, -0.25) is 0 Å². The molecule has 0 unspecified atom stereocenters. The van der Waals surface area contributed by atoms with E-state index in [4.69, 9.17) is 0 Å². The highest BCUT2D eigenvalue weighted by atomic mass is 16.4. The van der Waals surface area contributed by atoms with E-state index in [0.29, 0.717) is 12.1 Å². The Balaban J connectivity index is 2.01. The second kappa shape index (κ2) is 5.44. The maximum absolute atomic E-state index is 11.4. The molecule has 0 spiro atoms. The minimum atomic E-state index is -0.883. The fourth-order valence-corrected chi connectivity index (χ4v) is 2.63. The molecule has 1 N–H and O–H groups in total. The van der Waals surface area contributed by atoms with Crippen molar-refractivity contribution in [2.24, 2.45) is 0 Å². The molecule has 0 saturated heterocycles. The van der Waals surface area contributed by atoms with Crippen LogP contribution in [-0.4, -0.2) is 15.6 Å². The first-order valence-electron chi connectivity index (χ1n) is 7.08. The molecule has 0 aliphatic heterocycles. The second-order valence-electron chi connectivity index (χ2n) is 5.16. The molecule has 2 aromatic carbocycles. The fourth-order valence-electron chi connectivity index (χ4n) is 2.63. The topological polar surface area (TPSA) is 42.2 Å². The van der Waals surface area contributed by atoms with Crippen molar-refractivity contribution in [1.82, 2.24) is 4.57 Å². The number of hydrogen-bond acceptors (Lipinski definition) is 1. The van der Waals surface area contributed by atoms with Crippen molar-refractivity contribution in [3.05, 3.63) is 71.4 Å². The lowest BCUT2D eigenvalue weighted by Gasteiger charge is -2.06. The first-order valence-corrected chi connectivity index (χ1v) is 7.08. The number of carbonyl (C=O) groups is 1.